The molecular weight excluding hydrogens is 1760 g/mol. The van der Waals surface area contributed by atoms with Crippen LogP contribution in [0.25, 0.3) is 33.4 Å². The number of nitrogens with zero attached hydrogens (tertiary/aromatic N) is 15. The molecule has 7 aliphatic rings. The van der Waals surface area contributed by atoms with Crippen LogP contribution in [0.4, 0.5) is 28.5 Å². The van der Waals surface area contributed by atoms with Crippen LogP contribution in [-0.4, -0.2) is 307 Å². The molecule has 10 N–H and O–H groups in total. The maximum absolute atomic E-state index is 15.0. The Morgan fingerprint density at radius 2 is 1.48 bits per heavy atom. The molecule has 137 heavy (non-hydrogen) atoms. The third-order valence-electron chi connectivity index (χ3n) is 28.0. The number of nitrogens with two attached hydrogens (primary N) is 3. The summed E-state index contributed by atoms with van der Waals surface area (Å²) in [5.74, 6) is -8.29. The minimum Gasteiger partial charge on any atom is -0.480 e. The Bertz CT molecular complexity index is 5530. The lowest BCUT2D eigenvalue weighted by Gasteiger charge is -2.43. The number of nitrogens with one attached hydrogen (secondary N) is 1. The smallest absolute Gasteiger partial charge is 0.407 e. The van der Waals surface area contributed by atoms with Crippen molar-refractivity contribution in [1.82, 2.24) is 69.6 Å². The summed E-state index contributed by atoms with van der Waals surface area (Å²) in [5, 5.41) is 42.8. The van der Waals surface area contributed by atoms with E-state index in [4.69, 9.17) is 64.6 Å². The van der Waals surface area contributed by atoms with Crippen molar-refractivity contribution < 1.29 is 96.0 Å². The predicted octanol–water partition coefficient (Wildman–Crippen LogP) is 7.52. The first-order chi connectivity index (χ1) is 65.9. The number of ketones is 2. The van der Waals surface area contributed by atoms with Gasteiger partial charge in [0.2, 0.25) is 23.6 Å². The van der Waals surface area contributed by atoms with Crippen LogP contribution in [0.15, 0.2) is 120 Å². The number of ether oxygens (including phenoxy) is 8. The van der Waals surface area contributed by atoms with Crippen molar-refractivity contribution in [3.8, 4) is 11.3 Å². The minimum absolute atomic E-state index is 0.0145. The molecule has 7 aromatic rings. The van der Waals surface area contributed by atoms with Crippen molar-refractivity contribution in [2.24, 2.45) is 35.3 Å². The third-order valence-corrected chi connectivity index (χ3v) is 28.0. The fourth-order valence-electron chi connectivity index (χ4n) is 19.9. The number of allylic oxidation sites excluding steroid dienone is 5. The first-order valence-electron chi connectivity index (χ1n) is 47.6. The van der Waals surface area contributed by atoms with Crippen molar-refractivity contribution in [2.45, 2.75) is 224 Å². The van der Waals surface area contributed by atoms with Gasteiger partial charge in [0.1, 0.15) is 59.9 Å². The van der Waals surface area contributed by atoms with Crippen LogP contribution >= 0.6 is 0 Å². The van der Waals surface area contributed by atoms with Crippen LogP contribution in [0.2, 0.25) is 0 Å². The van der Waals surface area contributed by atoms with Gasteiger partial charge >= 0.3 is 18.0 Å². The summed E-state index contributed by atoms with van der Waals surface area (Å²) in [5.41, 5.74) is 28.0. The van der Waals surface area contributed by atoms with Gasteiger partial charge < -0.3 is 105 Å². The average Bonchev–Trinajstić information content (AvgIpc) is 1.20. The summed E-state index contributed by atoms with van der Waals surface area (Å²) < 4.78 is 55.7. The number of oxazole rings is 1. The first-order valence-corrected chi connectivity index (χ1v) is 47.6. The van der Waals surface area contributed by atoms with Gasteiger partial charge in [-0.3, -0.25) is 28.9 Å². The van der Waals surface area contributed by atoms with E-state index in [0.29, 0.717) is 179 Å². The molecule has 4 saturated heterocycles. The number of Topliss-reactive ketones (excluding diaryl/α,β-unsaturated/α-hetero) is 2. The highest BCUT2D eigenvalue weighted by Crippen LogP contribution is 2.40. The van der Waals surface area contributed by atoms with E-state index >= 15 is 0 Å². The number of methoxy groups -OCH3 is 4. The van der Waals surface area contributed by atoms with Gasteiger partial charge in [-0.05, 0) is 142 Å². The highest BCUT2D eigenvalue weighted by molar-refractivity contribution is 6.39. The number of rotatable bonds is 23. The van der Waals surface area contributed by atoms with E-state index in [1.165, 1.54) is 49.9 Å². The van der Waals surface area contributed by atoms with Crippen LogP contribution in [0.3, 0.4) is 0 Å². The number of alkyl carbamates (subject to hydrolysis) is 1. The monoisotopic (exact) mass is 1890 g/mol. The van der Waals surface area contributed by atoms with E-state index in [0.717, 1.165) is 27.8 Å². The maximum atomic E-state index is 15.0. The molecule has 5 aromatic heterocycles. The second-order valence-corrected chi connectivity index (χ2v) is 37.4. The number of hydrogen-bond donors (Lipinski definition) is 7. The molecule has 17 atom stereocenters. The van der Waals surface area contributed by atoms with Crippen LogP contribution in [0.1, 0.15) is 158 Å². The standard InChI is InChI=1S/C98H131N19O20/c1-57-16-12-11-13-17-58(2)77(129-7)46-70-24-19-62(6)98(128,137-70)87(121)91(123)116-29-15-14-18-73(116)93(126)134-79(47-78(130-8)59(3)41-61(5)85(120)86(132-10)84(119)60(4)40-57)71(99)43-63-21-25-76(80(44-63)131-9)136-97(127)106-50-65-48-102-96(103-49-65)114-35-36-115(74(55-114)92(124)125)81(118)28-38-133-39-37-111-31-33-112(34-32-111)95-104-51-69(52-105-95)90(122)113-30-27-66-42-64(20-22-68(66)54-113)53-117-89-82(88(100)107-56-108-89)83(110-117)67-23-26-75-72(45-67)109-94(101)135-75/h11-13,16-17,20,22-23,26,41-42,45,48-49,51-52,56-57,59-60,62-63,70-71,73-74,76-80,85-86,120,128H,14-15,18-19,21,24-25,27-40,43-44,46-47,50,53-55,99H2,1-10H3,(H2,101,109)(H,106,127)(H,124,125)(H2,100,107,108)/b13-11?,16-12+,58-17?,61-41+/t57-,59-,60-,62-,63+,70+,71-,73+,74-,76-,77+,78-,79+,80-,85-,86+,98-/m1/s1. The highest BCUT2D eigenvalue weighted by Gasteiger charge is 2.54. The second kappa shape index (κ2) is 46.2. The molecule has 2 bridgehead atoms. The molecule has 39 nitrogen and oxygen atoms in total. The van der Waals surface area contributed by atoms with Crippen LogP contribution < -0.4 is 32.3 Å². The zero-order valence-corrected chi connectivity index (χ0v) is 79.8. The van der Waals surface area contributed by atoms with Crippen LogP contribution in [0.5, 0.6) is 0 Å². The van der Waals surface area contributed by atoms with Crippen molar-refractivity contribution in [3.63, 3.8) is 0 Å². The minimum atomic E-state index is -2.50. The van der Waals surface area contributed by atoms with Gasteiger partial charge in [0, 0.05) is 173 Å². The largest absolute Gasteiger partial charge is 0.480 e. The van der Waals surface area contributed by atoms with Crippen molar-refractivity contribution >= 4 is 93.2 Å². The fourth-order valence-corrected chi connectivity index (χ4v) is 19.9. The number of piperazine rings is 2. The number of fused-ring (bicyclic) bond motifs is 6. The Labute approximate surface area is 796 Å². The topological polar surface area (TPSA) is 502 Å². The van der Waals surface area contributed by atoms with E-state index in [1.807, 2.05) is 85.9 Å². The van der Waals surface area contributed by atoms with E-state index in [1.54, 1.807) is 50.4 Å². The number of esters is 1. The number of carbonyl (C=O) groups excluding carboxylic acids is 7. The molecule has 0 unspecified atom stereocenters. The van der Waals surface area contributed by atoms with Crippen molar-refractivity contribution in [3.05, 3.63) is 143 Å². The molecule has 0 radical (unpaired) electrons. The average molecular weight is 1900 g/mol. The van der Waals surface area contributed by atoms with E-state index in [-0.39, 0.29) is 106 Å². The van der Waals surface area contributed by atoms with Gasteiger partial charge in [0.15, 0.2) is 17.0 Å². The number of amides is 4. The summed E-state index contributed by atoms with van der Waals surface area (Å²) in [7, 11) is 5.99. The molecule has 39 heteroatoms. The summed E-state index contributed by atoms with van der Waals surface area (Å²) >= 11 is 0. The van der Waals surface area contributed by atoms with E-state index < -0.39 is 120 Å². The number of carboxylic acid groups (broad SMARTS) is 1. The molecule has 738 valence electrons. The number of piperidine rings is 1. The van der Waals surface area contributed by atoms with E-state index in [9.17, 15) is 53.7 Å². The molecule has 11 heterocycles. The number of aliphatic hydroxyl groups excluding tert-OH is 1. The highest BCUT2D eigenvalue weighted by atomic mass is 16.6. The Kier molecular flexibility index (Phi) is 34.1. The number of aliphatic hydroxyl groups is 2. The number of aromatic nitrogens is 9. The lowest BCUT2D eigenvalue weighted by Crippen LogP contribution is -2.61. The van der Waals surface area contributed by atoms with Gasteiger partial charge in [0.25, 0.3) is 23.6 Å². The lowest BCUT2D eigenvalue weighted by molar-refractivity contribution is -0.265. The summed E-state index contributed by atoms with van der Waals surface area (Å²) in [6.07, 6.45) is 16.7. The molecule has 5 fully saturated rings. The van der Waals surface area contributed by atoms with Crippen molar-refractivity contribution in [1.29, 1.82) is 0 Å². The van der Waals surface area contributed by atoms with Crippen LogP contribution in [-0.2, 0) is 92.7 Å². The van der Waals surface area contributed by atoms with Crippen molar-refractivity contribution in [2.75, 3.05) is 128 Å². The zero-order valence-electron chi connectivity index (χ0n) is 79.8. The van der Waals surface area contributed by atoms with Gasteiger partial charge in [-0.15, -0.1) is 0 Å². The number of carbonyl (C=O) groups is 8. The Morgan fingerprint density at radius 3 is 2.23 bits per heavy atom. The summed E-state index contributed by atoms with van der Waals surface area (Å²) in [6.45, 7) is 16.4. The first kappa shape index (κ1) is 101. The number of nitrogen functional groups attached to an aromatic ring is 2. The molecule has 14 rings (SSSR count). The molecule has 1 saturated carbocycles. The maximum Gasteiger partial charge on any atom is 0.407 e. The molecular formula is C98H131N19O20. The fraction of sp³-hybridized carbons (Fsp3) is 0.571. The molecule has 4 amide bonds. The third kappa shape index (κ3) is 24.5. The predicted molar refractivity (Wildman–Crippen MR) is 505 cm³/mol. The SMILES string of the molecule is CO[C@H]1C[C@@H]2CC[C@@H](C)[C@@](O)(O2)C(=O)C(=O)N2CCCC[C@H]2C(=O)O[C@H]([C@H](N)C[C@@H]2CC[C@@H](OC(=O)NCc3cnc(N4CCN(C(=O)CCOCCN5CCN(c6ncc(C(=O)N7CCc8cc(Cn9nc(-c%10ccc%11oc(N)nc%11c%10)c%10c(N)ncnc%109)ccc8C7)cn6)CC5)[C@@H](C(=O)O)C4)nc3)[C@H](OC)C2)C[C@@H](OC)[C@H](C)/C=C(\C)[C@@H](O)[C@@H](OC)C(=O)[C@H](C)C[C@H](C)/C=C/C=CC=C1C. The van der Waals surface area contributed by atoms with Gasteiger partial charge in [-0.2, -0.15) is 10.1 Å². The quantitative estimate of drug-likeness (QED) is 0.0141. The van der Waals surface area contributed by atoms with Gasteiger partial charge in [0.05, 0.1) is 68.1 Å². The number of anilines is 4. The Hall–Kier alpha value is -11.7. The van der Waals surface area contributed by atoms with Gasteiger partial charge in [-0.25, -0.2) is 49.0 Å². The number of carboxylic acids is 1. The van der Waals surface area contributed by atoms with Gasteiger partial charge in [-0.1, -0.05) is 82.4 Å². The summed E-state index contributed by atoms with van der Waals surface area (Å²) in [4.78, 5) is 154. The molecule has 6 aliphatic heterocycles. The Balaban J connectivity index is 0.515. The number of aliphatic carboxylic acids is 1. The summed E-state index contributed by atoms with van der Waals surface area (Å²) in [6, 6.07) is 8.55. The second-order valence-electron chi connectivity index (χ2n) is 37.4. The van der Waals surface area contributed by atoms with Crippen LogP contribution in [0, 0.1) is 29.6 Å². The Morgan fingerprint density at radius 1 is 0.730 bits per heavy atom. The molecule has 0 spiro atoms. The lowest BCUT2D eigenvalue weighted by atomic mass is 9.80. The zero-order chi connectivity index (χ0) is 97.5. The normalized spacial score (nSPS) is 27.8. The van der Waals surface area contributed by atoms with E-state index in [2.05, 4.69) is 62.1 Å². The molecule has 2 aromatic carbocycles. The number of hydrogen-bond acceptors (Lipinski definition) is 33. The molecule has 1 aliphatic carbocycles. The number of benzene rings is 2. The number of cyclic esters (lactones) is 1.